The number of rotatable bonds is 3. The van der Waals surface area contributed by atoms with Gasteiger partial charge in [-0.1, -0.05) is 6.07 Å². The smallest absolute Gasteiger partial charge is 0.0866 e. The lowest BCUT2D eigenvalue weighted by Crippen LogP contribution is -2.17. The molecule has 0 fully saturated rings. The molecule has 3 nitrogen and oxygen atoms in total. The second kappa shape index (κ2) is 4.47. The fourth-order valence-electron chi connectivity index (χ4n) is 0.980. The Hall–Kier alpha value is -1.40. The van der Waals surface area contributed by atoms with E-state index >= 15 is 0 Å². The van der Waals surface area contributed by atoms with Crippen LogP contribution in [0.4, 0.5) is 0 Å². The number of nitrogens with zero attached hydrogens (tertiary/aromatic N) is 3. The van der Waals surface area contributed by atoms with Crippen LogP contribution in [-0.2, 0) is 6.54 Å². The van der Waals surface area contributed by atoms with Crippen molar-refractivity contribution < 1.29 is 0 Å². The summed E-state index contributed by atoms with van der Waals surface area (Å²) < 4.78 is 0. The Bertz CT molecular complexity index is 263. The van der Waals surface area contributed by atoms with Crippen LogP contribution in [0.2, 0.25) is 0 Å². The highest BCUT2D eigenvalue weighted by Crippen LogP contribution is 1.99. The predicted molar refractivity (Wildman–Crippen MR) is 46.2 cm³/mol. The van der Waals surface area contributed by atoms with Gasteiger partial charge in [-0.3, -0.25) is 9.88 Å². The van der Waals surface area contributed by atoms with E-state index in [0.29, 0.717) is 6.54 Å². The van der Waals surface area contributed by atoms with Crippen LogP contribution < -0.4 is 0 Å². The first kappa shape index (κ1) is 8.69. The van der Waals surface area contributed by atoms with Gasteiger partial charge < -0.3 is 0 Å². The molecule has 1 aromatic heterocycles. The van der Waals surface area contributed by atoms with Crippen molar-refractivity contribution in [1.82, 2.24) is 9.88 Å². The molecule has 1 rings (SSSR count). The van der Waals surface area contributed by atoms with E-state index in [4.69, 9.17) is 5.26 Å². The van der Waals surface area contributed by atoms with Crippen LogP contribution in [-0.4, -0.2) is 23.5 Å². The molecule has 12 heavy (non-hydrogen) atoms. The van der Waals surface area contributed by atoms with E-state index in [2.05, 4.69) is 11.1 Å². The van der Waals surface area contributed by atoms with Gasteiger partial charge >= 0.3 is 0 Å². The highest BCUT2D eigenvalue weighted by atomic mass is 15.1. The Morgan fingerprint density at radius 2 is 2.50 bits per heavy atom. The average molecular weight is 161 g/mol. The van der Waals surface area contributed by atoms with Crippen molar-refractivity contribution in [2.75, 3.05) is 13.6 Å². The summed E-state index contributed by atoms with van der Waals surface area (Å²) in [5.41, 5.74) is 1.13. The van der Waals surface area contributed by atoms with Gasteiger partial charge in [-0.2, -0.15) is 5.26 Å². The maximum atomic E-state index is 8.41. The molecule has 0 N–H and O–H groups in total. The molecule has 3 heteroatoms. The zero-order valence-electron chi connectivity index (χ0n) is 7.07. The molecule has 0 radical (unpaired) electrons. The largest absolute Gasteiger partial charge is 0.289 e. The number of nitriles is 1. The molecular formula is C9H11N3. The summed E-state index contributed by atoms with van der Waals surface area (Å²) in [6.45, 7) is 1.23. The zero-order chi connectivity index (χ0) is 8.81. The van der Waals surface area contributed by atoms with Crippen molar-refractivity contribution in [1.29, 1.82) is 5.26 Å². The van der Waals surface area contributed by atoms with Gasteiger partial charge in [0.25, 0.3) is 0 Å². The number of aromatic nitrogens is 1. The zero-order valence-corrected chi connectivity index (χ0v) is 7.07. The van der Waals surface area contributed by atoms with E-state index in [1.54, 1.807) is 6.20 Å². The molecule has 0 bridgehead atoms. The average Bonchev–Trinajstić information content (AvgIpc) is 2.06. The Kier molecular flexibility index (Phi) is 3.24. The third-order valence-electron chi connectivity index (χ3n) is 1.52. The van der Waals surface area contributed by atoms with Gasteiger partial charge in [-0.05, 0) is 18.7 Å². The van der Waals surface area contributed by atoms with Gasteiger partial charge in [0, 0.05) is 18.9 Å². The lowest BCUT2D eigenvalue weighted by atomic mass is 10.3. The van der Waals surface area contributed by atoms with Crippen molar-refractivity contribution in [3.05, 3.63) is 30.1 Å². The molecule has 0 amide bonds. The first-order valence-corrected chi connectivity index (χ1v) is 3.77. The summed E-state index contributed by atoms with van der Waals surface area (Å²) in [5.74, 6) is 0. The van der Waals surface area contributed by atoms with E-state index in [1.807, 2.05) is 30.3 Å². The first-order chi connectivity index (χ1) is 5.83. The molecule has 0 aliphatic heterocycles. The van der Waals surface area contributed by atoms with Crippen LogP contribution in [0.15, 0.2) is 24.5 Å². The molecular weight excluding hydrogens is 150 g/mol. The normalized spacial score (nSPS) is 9.75. The van der Waals surface area contributed by atoms with E-state index in [-0.39, 0.29) is 0 Å². The highest BCUT2D eigenvalue weighted by molar-refractivity contribution is 5.08. The van der Waals surface area contributed by atoms with E-state index in [0.717, 1.165) is 12.1 Å². The van der Waals surface area contributed by atoms with Gasteiger partial charge in [-0.15, -0.1) is 0 Å². The third-order valence-corrected chi connectivity index (χ3v) is 1.52. The van der Waals surface area contributed by atoms with Crippen LogP contribution in [0.25, 0.3) is 0 Å². The molecule has 0 aromatic carbocycles. The van der Waals surface area contributed by atoms with Crippen molar-refractivity contribution in [3.8, 4) is 6.07 Å². The molecule has 0 saturated heterocycles. The quantitative estimate of drug-likeness (QED) is 0.622. The Labute approximate surface area is 72.3 Å². The minimum Gasteiger partial charge on any atom is -0.289 e. The first-order valence-electron chi connectivity index (χ1n) is 3.77. The summed E-state index contributed by atoms with van der Waals surface area (Å²) in [6, 6.07) is 5.99. The molecule has 1 heterocycles. The molecule has 0 saturated carbocycles. The standard InChI is InChI=1S/C9H11N3/c1-12(6-4-10)8-9-3-2-5-11-7-9/h2-3,5,7H,6,8H2,1H3. The highest BCUT2D eigenvalue weighted by Gasteiger charge is 1.97. The summed E-state index contributed by atoms with van der Waals surface area (Å²) in [4.78, 5) is 5.93. The topological polar surface area (TPSA) is 39.9 Å². The Balaban J connectivity index is 2.48. The van der Waals surface area contributed by atoms with Crippen LogP contribution in [0.1, 0.15) is 5.56 Å². The minimum atomic E-state index is 0.453. The van der Waals surface area contributed by atoms with Crippen molar-refractivity contribution >= 4 is 0 Å². The molecule has 62 valence electrons. The maximum absolute atomic E-state index is 8.41. The SMILES string of the molecule is CN(CC#N)Cc1cccnc1. The molecule has 1 aromatic rings. The molecule has 0 unspecified atom stereocenters. The van der Waals surface area contributed by atoms with E-state index in [1.165, 1.54) is 0 Å². The fraction of sp³-hybridized carbons (Fsp3) is 0.333. The number of hydrogen-bond acceptors (Lipinski definition) is 3. The third kappa shape index (κ3) is 2.69. The summed E-state index contributed by atoms with van der Waals surface area (Å²) >= 11 is 0. The second-order valence-electron chi connectivity index (χ2n) is 2.69. The molecule has 0 spiro atoms. The van der Waals surface area contributed by atoms with Crippen LogP contribution >= 0.6 is 0 Å². The van der Waals surface area contributed by atoms with Crippen LogP contribution in [0, 0.1) is 11.3 Å². The van der Waals surface area contributed by atoms with Gasteiger partial charge in [0.05, 0.1) is 12.6 Å². The van der Waals surface area contributed by atoms with Crippen LogP contribution in [0.3, 0.4) is 0 Å². The number of pyridine rings is 1. The fourth-order valence-corrected chi connectivity index (χ4v) is 0.980. The number of hydrogen-bond donors (Lipinski definition) is 0. The summed E-state index contributed by atoms with van der Waals surface area (Å²) in [5, 5.41) is 8.41. The lowest BCUT2D eigenvalue weighted by Gasteiger charge is -2.11. The maximum Gasteiger partial charge on any atom is 0.0866 e. The van der Waals surface area contributed by atoms with E-state index < -0.39 is 0 Å². The molecule has 0 atom stereocenters. The Morgan fingerprint density at radius 3 is 3.08 bits per heavy atom. The van der Waals surface area contributed by atoms with E-state index in [9.17, 15) is 0 Å². The second-order valence-corrected chi connectivity index (χ2v) is 2.69. The van der Waals surface area contributed by atoms with Crippen molar-refractivity contribution in [2.45, 2.75) is 6.54 Å². The van der Waals surface area contributed by atoms with Crippen molar-refractivity contribution in [2.24, 2.45) is 0 Å². The van der Waals surface area contributed by atoms with Gasteiger partial charge in [0.2, 0.25) is 0 Å². The van der Waals surface area contributed by atoms with Gasteiger partial charge in [0.15, 0.2) is 0 Å². The molecule has 0 aliphatic rings. The summed E-state index contributed by atoms with van der Waals surface area (Å²) in [6.07, 6.45) is 3.56. The van der Waals surface area contributed by atoms with Crippen molar-refractivity contribution in [3.63, 3.8) is 0 Å². The summed E-state index contributed by atoms with van der Waals surface area (Å²) in [7, 11) is 1.91. The monoisotopic (exact) mass is 161 g/mol. The molecule has 0 aliphatic carbocycles. The predicted octanol–water partition coefficient (Wildman–Crippen LogP) is 1.04. The lowest BCUT2D eigenvalue weighted by molar-refractivity contribution is 0.367. The van der Waals surface area contributed by atoms with Gasteiger partial charge in [0.1, 0.15) is 0 Å². The van der Waals surface area contributed by atoms with Gasteiger partial charge in [-0.25, -0.2) is 0 Å². The van der Waals surface area contributed by atoms with Crippen LogP contribution in [0.5, 0.6) is 0 Å². The Morgan fingerprint density at radius 1 is 1.67 bits per heavy atom. The minimum absolute atomic E-state index is 0.453.